The van der Waals surface area contributed by atoms with Crippen LogP contribution >= 0.6 is 27.5 Å². The first-order chi connectivity index (χ1) is 14.2. The lowest BCUT2D eigenvalue weighted by molar-refractivity contribution is -0.120. The number of rotatable bonds is 6. The molecular formula is C20H21BrClFN2O4S. The molecule has 1 atom stereocenters. The van der Waals surface area contributed by atoms with E-state index in [1.165, 1.54) is 34.6 Å². The van der Waals surface area contributed by atoms with Crippen molar-refractivity contribution in [3.8, 4) is 5.75 Å². The Morgan fingerprint density at radius 1 is 1.33 bits per heavy atom. The van der Waals surface area contributed by atoms with Crippen molar-refractivity contribution in [2.45, 2.75) is 24.7 Å². The lowest BCUT2D eigenvalue weighted by Gasteiger charge is -2.31. The first-order valence-corrected chi connectivity index (χ1v) is 12.0. The Morgan fingerprint density at radius 3 is 2.77 bits per heavy atom. The number of benzene rings is 2. The third kappa shape index (κ3) is 5.14. The topological polar surface area (TPSA) is 75.7 Å². The van der Waals surface area contributed by atoms with Crippen LogP contribution in [-0.2, 0) is 14.8 Å². The number of piperidine rings is 1. The van der Waals surface area contributed by atoms with Crippen molar-refractivity contribution in [1.82, 2.24) is 4.31 Å². The summed E-state index contributed by atoms with van der Waals surface area (Å²) in [5.41, 5.74) is 0.0569. The van der Waals surface area contributed by atoms with Gasteiger partial charge in [0, 0.05) is 17.6 Å². The van der Waals surface area contributed by atoms with Gasteiger partial charge >= 0.3 is 0 Å². The number of hydrogen-bond acceptors (Lipinski definition) is 4. The van der Waals surface area contributed by atoms with E-state index in [1.807, 2.05) is 0 Å². The summed E-state index contributed by atoms with van der Waals surface area (Å²) in [5, 5.41) is 2.76. The van der Waals surface area contributed by atoms with Gasteiger partial charge in [-0.1, -0.05) is 27.5 Å². The maximum Gasteiger partial charge on any atom is 0.243 e. The monoisotopic (exact) mass is 518 g/mol. The van der Waals surface area contributed by atoms with Gasteiger partial charge in [-0.3, -0.25) is 4.79 Å². The summed E-state index contributed by atoms with van der Waals surface area (Å²) in [6.45, 7) is 2.52. The van der Waals surface area contributed by atoms with Gasteiger partial charge in [0.1, 0.15) is 11.6 Å². The van der Waals surface area contributed by atoms with Gasteiger partial charge in [-0.25, -0.2) is 12.8 Å². The quantitative estimate of drug-likeness (QED) is 0.601. The van der Waals surface area contributed by atoms with Crippen LogP contribution in [0.15, 0.2) is 45.8 Å². The van der Waals surface area contributed by atoms with Crippen molar-refractivity contribution in [3.05, 3.63) is 51.7 Å². The zero-order valence-electron chi connectivity index (χ0n) is 16.2. The maximum absolute atomic E-state index is 14.0. The molecule has 0 saturated carbocycles. The lowest BCUT2D eigenvalue weighted by atomic mass is 9.98. The largest absolute Gasteiger partial charge is 0.492 e. The van der Waals surface area contributed by atoms with Crippen LogP contribution in [0.2, 0.25) is 5.02 Å². The fraction of sp³-hybridized carbons (Fsp3) is 0.350. The van der Waals surface area contributed by atoms with E-state index in [2.05, 4.69) is 21.2 Å². The summed E-state index contributed by atoms with van der Waals surface area (Å²) in [4.78, 5) is 12.7. The molecule has 1 aliphatic rings. The van der Waals surface area contributed by atoms with Crippen molar-refractivity contribution in [2.75, 3.05) is 25.0 Å². The number of carbonyl (C=O) groups excluding carboxylic acids is 1. The fourth-order valence-corrected chi connectivity index (χ4v) is 5.45. The molecule has 1 heterocycles. The van der Waals surface area contributed by atoms with Gasteiger partial charge in [0.25, 0.3) is 0 Å². The van der Waals surface area contributed by atoms with Gasteiger partial charge in [0.05, 0.1) is 28.1 Å². The normalized spacial score (nSPS) is 17.5. The van der Waals surface area contributed by atoms with Crippen LogP contribution in [0.1, 0.15) is 19.8 Å². The van der Waals surface area contributed by atoms with E-state index in [0.29, 0.717) is 36.2 Å². The molecule has 1 amide bonds. The average Bonchev–Trinajstić information content (AvgIpc) is 2.71. The minimum atomic E-state index is -3.84. The molecule has 0 bridgehead atoms. The summed E-state index contributed by atoms with van der Waals surface area (Å²) >= 11 is 9.30. The van der Waals surface area contributed by atoms with E-state index >= 15 is 0 Å². The first kappa shape index (κ1) is 23.0. The molecule has 1 fully saturated rings. The molecule has 3 rings (SSSR count). The predicted molar refractivity (Wildman–Crippen MR) is 117 cm³/mol. The van der Waals surface area contributed by atoms with Crippen molar-refractivity contribution in [2.24, 2.45) is 5.92 Å². The minimum Gasteiger partial charge on any atom is -0.492 e. The standard InChI is InChI=1S/C20H21BrClFN2O4S/c1-2-29-19-8-6-15(11-16(19)22)30(27,28)25-9-3-4-13(12-25)20(26)24-18-7-5-14(21)10-17(18)23/h5-8,10-11,13H,2-4,9,12H2,1H3,(H,24,26)/t13-/m0/s1. The number of nitrogens with one attached hydrogen (secondary N) is 1. The number of ether oxygens (including phenoxy) is 1. The van der Waals surface area contributed by atoms with Gasteiger partial charge in [-0.2, -0.15) is 4.31 Å². The van der Waals surface area contributed by atoms with E-state index in [4.69, 9.17) is 16.3 Å². The molecule has 1 N–H and O–H groups in total. The van der Waals surface area contributed by atoms with Crippen LogP contribution in [-0.4, -0.2) is 38.3 Å². The highest BCUT2D eigenvalue weighted by atomic mass is 79.9. The molecule has 162 valence electrons. The van der Waals surface area contributed by atoms with E-state index < -0.39 is 27.7 Å². The van der Waals surface area contributed by atoms with E-state index in [0.717, 1.165) is 0 Å². The van der Waals surface area contributed by atoms with Crippen LogP contribution in [0.3, 0.4) is 0 Å². The van der Waals surface area contributed by atoms with Gasteiger partial charge in [-0.15, -0.1) is 0 Å². The van der Waals surface area contributed by atoms with Crippen molar-refractivity contribution >= 4 is 49.1 Å². The molecule has 0 unspecified atom stereocenters. The molecule has 0 aromatic heterocycles. The third-order valence-corrected chi connectivity index (χ3v) is 7.43. The Kier molecular flexibility index (Phi) is 7.38. The highest BCUT2D eigenvalue weighted by Gasteiger charge is 2.34. The Labute approximate surface area is 188 Å². The second-order valence-electron chi connectivity index (χ2n) is 6.84. The number of amides is 1. The van der Waals surface area contributed by atoms with Crippen LogP contribution < -0.4 is 10.1 Å². The van der Waals surface area contributed by atoms with Crippen LogP contribution in [0, 0.1) is 11.7 Å². The Morgan fingerprint density at radius 2 is 2.10 bits per heavy atom. The molecular weight excluding hydrogens is 499 g/mol. The minimum absolute atomic E-state index is 0.0111. The third-order valence-electron chi connectivity index (χ3n) is 4.78. The molecule has 0 aliphatic carbocycles. The van der Waals surface area contributed by atoms with E-state index in [-0.39, 0.29) is 22.2 Å². The van der Waals surface area contributed by atoms with Crippen molar-refractivity contribution < 1.29 is 22.3 Å². The maximum atomic E-state index is 14.0. The first-order valence-electron chi connectivity index (χ1n) is 9.40. The second kappa shape index (κ2) is 9.64. The molecule has 2 aromatic rings. The lowest BCUT2D eigenvalue weighted by Crippen LogP contribution is -2.43. The van der Waals surface area contributed by atoms with Gasteiger partial charge < -0.3 is 10.1 Å². The molecule has 0 radical (unpaired) electrons. The van der Waals surface area contributed by atoms with Crippen molar-refractivity contribution in [3.63, 3.8) is 0 Å². The summed E-state index contributed by atoms with van der Waals surface area (Å²) in [5.74, 6) is -1.16. The highest BCUT2D eigenvalue weighted by Crippen LogP contribution is 2.31. The molecule has 6 nitrogen and oxygen atoms in total. The molecule has 30 heavy (non-hydrogen) atoms. The van der Waals surface area contributed by atoms with Gasteiger partial charge in [0.15, 0.2) is 0 Å². The van der Waals surface area contributed by atoms with Crippen LogP contribution in [0.25, 0.3) is 0 Å². The van der Waals surface area contributed by atoms with Crippen LogP contribution in [0.4, 0.5) is 10.1 Å². The molecule has 2 aromatic carbocycles. The zero-order valence-corrected chi connectivity index (χ0v) is 19.4. The van der Waals surface area contributed by atoms with E-state index in [9.17, 15) is 17.6 Å². The summed E-state index contributed by atoms with van der Waals surface area (Å²) in [6, 6.07) is 8.63. The smallest absolute Gasteiger partial charge is 0.243 e. The Bertz CT molecular complexity index is 1050. The molecule has 1 aliphatic heterocycles. The summed E-state index contributed by atoms with van der Waals surface area (Å²) in [6.07, 6.45) is 1.03. The SMILES string of the molecule is CCOc1ccc(S(=O)(=O)N2CCC[C@H](C(=O)Nc3ccc(Br)cc3F)C2)cc1Cl. The van der Waals surface area contributed by atoms with Crippen LogP contribution in [0.5, 0.6) is 5.75 Å². The van der Waals surface area contributed by atoms with Crippen molar-refractivity contribution in [1.29, 1.82) is 0 Å². The summed E-state index contributed by atoms with van der Waals surface area (Å²) < 4.78 is 47.3. The molecule has 0 spiro atoms. The van der Waals surface area contributed by atoms with Gasteiger partial charge in [-0.05, 0) is 56.2 Å². The zero-order chi connectivity index (χ0) is 21.9. The molecule has 10 heteroatoms. The number of nitrogens with zero attached hydrogens (tertiary/aromatic N) is 1. The summed E-state index contributed by atoms with van der Waals surface area (Å²) in [7, 11) is -3.84. The fourth-order valence-electron chi connectivity index (χ4n) is 3.26. The second-order valence-corrected chi connectivity index (χ2v) is 10.1. The van der Waals surface area contributed by atoms with Gasteiger partial charge in [0.2, 0.25) is 15.9 Å². The average molecular weight is 520 g/mol. The predicted octanol–water partition coefficient (Wildman–Crippen LogP) is 4.68. The highest BCUT2D eigenvalue weighted by molar-refractivity contribution is 9.10. The Balaban J connectivity index is 1.74. The number of sulfonamides is 1. The number of halogens is 3. The number of anilines is 1. The molecule has 1 saturated heterocycles. The van der Waals surface area contributed by atoms with E-state index in [1.54, 1.807) is 13.0 Å². The number of hydrogen-bond donors (Lipinski definition) is 1. The number of carbonyl (C=O) groups is 1. The Hall–Kier alpha value is -1.68.